The van der Waals surface area contributed by atoms with Crippen molar-refractivity contribution in [2.75, 3.05) is 17.8 Å². The van der Waals surface area contributed by atoms with Gasteiger partial charge in [0.05, 0.1) is 17.4 Å². The quantitative estimate of drug-likeness (QED) is 0.184. The van der Waals surface area contributed by atoms with Crippen LogP contribution in [-0.2, 0) is 22.9 Å². The van der Waals surface area contributed by atoms with Crippen LogP contribution in [0.4, 0.5) is 5.69 Å². The van der Waals surface area contributed by atoms with Gasteiger partial charge in [0, 0.05) is 35.8 Å². The first-order chi connectivity index (χ1) is 19.9. The number of aryl methyl sites for hydroxylation is 1. The molecule has 0 aliphatic rings. The summed E-state index contributed by atoms with van der Waals surface area (Å²) in [5, 5.41) is 17.5. The van der Waals surface area contributed by atoms with Crippen LogP contribution in [0.3, 0.4) is 0 Å². The van der Waals surface area contributed by atoms with Crippen LogP contribution in [0.1, 0.15) is 34.2 Å². The number of nitrogens with one attached hydrogen (secondary N) is 2. The highest BCUT2D eigenvalue weighted by Gasteiger charge is 2.16. The summed E-state index contributed by atoms with van der Waals surface area (Å²) in [7, 11) is -3.78. The van der Waals surface area contributed by atoms with Crippen molar-refractivity contribution in [2.45, 2.75) is 30.8 Å². The third kappa shape index (κ3) is 7.63. The maximum atomic E-state index is 13.0. The highest BCUT2D eigenvalue weighted by atomic mass is 32.2. The number of nitrogens with zero attached hydrogens (tertiary/aromatic N) is 3. The summed E-state index contributed by atoms with van der Waals surface area (Å²) in [5.41, 5.74) is 5.19. The molecule has 0 fully saturated rings. The molecule has 2 aromatic heterocycles. The minimum atomic E-state index is -3.78. The summed E-state index contributed by atoms with van der Waals surface area (Å²) in [6, 6.07) is 25.3. The van der Waals surface area contributed by atoms with E-state index in [-0.39, 0.29) is 4.90 Å². The molecule has 1 atom stereocenters. The van der Waals surface area contributed by atoms with Crippen LogP contribution in [-0.4, -0.2) is 41.7 Å². The molecule has 0 aliphatic heterocycles. The standard InChI is InChI=1S/C31H31N5O4S/c1-22-4-6-24(7-5-22)19-30-34-31(35-40-30)25-10-14-28(15-11-25)41(38,39)36-27-12-8-23(9-13-27)16-18-33-21-29(37)26-3-2-17-32-20-26/h2-15,17,20,29,33,36-37H,16,18-19,21H2,1H3. The van der Waals surface area contributed by atoms with E-state index < -0.39 is 16.1 Å². The SMILES string of the molecule is Cc1ccc(Cc2nc(-c3ccc(S(=O)(=O)Nc4ccc(CCNCC(O)c5cccnc5)cc4)cc3)no2)cc1. The monoisotopic (exact) mass is 569 g/mol. The van der Waals surface area contributed by atoms with Crippen LogP contribution in [0.15, 0.2) is 107 Å². The Bertz CT molecular complexity index is 1650. The molecule has 3 N–H and O–H groups in total. The molecule has 0 amide bonds. The van der Waals surface area contributed by atoms with E-state index in [0.29, 0.717) is 42.5 Å². The van der Waals surface area contributed by atoms with E-state index >= 15 is 0 Å². The van der Waals surface area contributed by atoms with Gasteiger partial charge in [-0.05, 0) is 73.5 Å². The second-order valence-electron chi connectivity index (χ2n) is 9.76. The predicted molar refractivity (Wildman–Crippen MR) is 157 cm³/mol. The second kappa shape index (κ2) is 12.9. The van der Waals surface area contributed by atoms with Crippen molar-refractivity contribution >= 4 is 15.7 Å². The molecular formula is C31H31N5O4S. The second-order valence-corrected chi connectivity index (χ2v) is 11.4. The Morgan fingerprint density at radius 1 is 0.927 bits per heavy atom. The first kappa shape index (κ1) is 28.2. The fourth-order valence-electron chi connectivity index (χ4n) is 4.22. The van der Waals surface area contributed by atoms with E-state index in [1.54, 1.807) is 42.7 Å². The normalized spacial score (nSPS) is 12.2. The summed E-state index contributed by atoms with van der Waals surface area (Å²) in [6.45, 7) is 3.12. The molecule has 1 unspecified atom stereocenters. The largest absolute Gasteiger partial charge is 0.387 e. The molecule has 5 rings (SSSR count). The lowest BCUT2D eigenvalue weighted by Crippen LogP contribution is -2.23. The molecule has 41 heavy (non-hydrogen) atoms. The van der Waals surface area contributed by atoms with Crippen molar-refractivity contribution in [1.82, 2.24) is 20.4 Å². The molecule has 0 saturated heterocycles. The van der Waals surface area contributed by atoms with Gasteiger partial charge in [-0.25, -0.2) is 8.42 Å². The van der Waals surface area contributed by atoms with Crippen LogP contribution in [0.5, 0.6) is 0 Å². The maximum Gasteiger partial charge on any atom is 0.261 e. The van der Waals surface area contributed by atoms with Gasteiger partial charge in [0.2, 0.25) is 11.7 Å². The highest BCUT2D eigenvalue weighted by Crippen LogP contribution is 2.22. The molecular weight excluding hydrogens is 538 g/mol. The van der Waals surface area contributed by atoms with Gasteiger partial charge in [0.25, 0.3) is 10.0 Å². The van der Waals surface area contributed by atoms with E-state index in [2.05, 4.69) is 25.2 Å². The minimum absolute atomic E-state index is 0.130. The molecule has 10 heteroatoms. The van der Waals surface area contributed by atoms with Gasteiger partial charge in [0.1, 0.15) is 0 Å². The Balaban J connectivity index is 1.12. The van der Waals surface area contributed by atoms with Crippen molar-refractivity contribution in [3.8, 4) is 11.4 Å². The first-order valence-corrected chi connectivity index (χ1v) is 14.7. The van der Waals surface area contributed by atoms with Crippen LogP contribution >= 0.6 is 0 Å². The molecule has 2 heterocycles. The number of benzene rings is 3. The summed E-state index contributed by atoms with van der Waals surface area (Å²) in [4.78, 5) is 8.60. The number of aliphatic hydroxyl groups is 1. The van der Waals surface area contributed by atoms with Gasteiger partial charge >= 0.3 is 0 Å². The van der Waals surface area contributed by atoms with Crippen LogP contribution in [0.2, 0.25) is 0 Å². The Morgan fingerprint density at radius 2 is 1.66 bits per heavy atom. The maximum absolute atomic E-state index is 13.0. The molecule has 0 spiro atoms. The Morgan fingerprint density at radius 3 is 2.37 bits per heavy atom. The van der Waals surface area contributed by atoms with Crippen molar-refractivity contribution < 1.29 is 18.0 Å². The molecule has 9 nitrogen and oxygen atoms in total. The van der Waals surface area contributed by atoms with E-state index in [1.807, 2.05) is 49.4 Å². The topological polar surface area (TPSA) is 130 Å². The number of pyridine rings is 1. The van der Waals surface area contributed by atoms with Gasteiger partial charge < -0.3 is 14.9 Å². The van der Waals surface area contributed by atoms with Gasteiger partial charge in [-0.3, -0.25) is 9.71 Å². The van der Waals surface area contributed by atoms with Crippen LogP contribution < -0.4 is 10.0 Å². The Kier molecular flexibility index (Phi) is 8.83. The van der Waals surface area contributed by atoms with E-state index in [0.717, 1.165) is 23.1 Å². The lowest BCUT2D eigenvalue weighted by molar-refractivity contribution is 0.174. The summed E-state index contributed by atoms with van der Waals surface area (Å²) in [6.07, 6.45) is 3.95. The van der Waals surface area contributed by atoms with E-state index in [9.17, 15) is 13.5 Å². The summed E-state index contributed by atoms with van der Waals surface area (Å²) >= 11 is 0. The minimum Gasteiger partial charge on any atom is -0.387 e. The first-order valence-electron chi connectivity index (χ1n) is 13.2. The zero-order chi connectivity index (χ0) is 28.7. The van der Waals surface area contributed by atoms with Crippen molar-refractivity contribution in [1.29, 1.82) is 0 Å². The third-order valence-corrected chi connectivity index (χ3v) is 7.97. The van der Waals surface area contributed by atoms with Crippen molar-refractivity contribution in [3.63, 3.8) is 0 Å². The fourth-order valence-corrected chi connectivity index (χ4v) is 5.28. The van der Waals surface area contributed by atoms with Crippen LogP contribution in [0.25, 0.3) is 11.4 Å². The zero-order valence-electron chi connectivity index (χ0n) is 22.6. The number of hydrogen-bond acceptors (Lipinski definition) is 8. The predicted octanol–water partition coefficient (Wildman–Crippen LogP) is 4.70. The number of aromatic nitrogens is 3. The fraction of sp³-hybridized carbons (Fsp3) is 0.194. The number of rotatable bonds is 12. The third-order valence-electron chi connectivity index (χ3n) is 6.57. The van der Waals surface area contributed by atoms with Gasteiger partial charge in [0.15, 0.2) is 0 Å². The smallest absolute Gasteiger partial charge is 0.261 e. The number of anilines is 1. The molecule has 210 valence electrons. The number of hydrogen-bond donors (Lipinski definition) is 3. The van der Waals surface area contributed by atoms with Crippen molar-refractivity contribution in [2.24, 2.45) is 0 Å². The van der Waals surface area contributed by atoms with Crippen molar-refractivity contribution in [3.05, 3.63) is 125 Å². The molecule has 3 aromatic carbocycles. The van der Waals surface area contributed by atoms with E-state index in [4.69, 9.17) is 4.52 Å². The molecule has 0 aliphatic carbocycles. The molecule has 5 aromatic rings. The lowest BCUT2D eigenvalue weighted by Gasteiger charge is -2.12. The average molecular weight is 570 g/mol. The number of aliphatic hydroxyl groups excluding tert-OH is 1. The molecule has 0 saturated carbocycles. The van der Waals surface area contributed by atoms with Crippen LogP contribution in [0, 0.1) is 6.92 Å². The lowest BCUT2D eigenvalue weighted by atomic mass is 10.1. The molecule has 0 radical (unpaired) electrons. The molecule has 0 bridgehead atoms. The van der Waals surface area contributed by atoms with Gasteiger partial charge in [-0.15, -0.1) is 0 Å². The Labute approximate surface area is 239 Å². The zero-order valence-corrected chi connectivity index (χ0v) is 23.4. The van der Waals surface area contributed by atoms with Gasteiger partial charge in [-0.1, -0.05) is 53.2 Å². The Hall–Kier alpha value is -4.38. The van der Waals surface area contributed by atoms with E-state index in [1.165, 1.54) is 17.7 Å². The number of sulfonamides is 1. The van der Waals surface area contributed by atoms with Gasteiger partial charge in [-0.2, -0.15) is 4.98 Å². The highest BCUT2D eigenvalue weighted by molar-refractivity contribution is 7.92. The average Bonchev–Trinajstić information content (AvgIpc) is 3.46. The summed E-state index contributed by atoms with van der Waals surface area (Å²) < 4.78 is 33.9. The summed E-state index contributed by atoms with van der Waals surface area (Å²) in [5.74, 6) is 0.893.